The van der Waals surface area contributed by atoms with Crippen LogP contribution in [0.2, 0.25) is 0 Å². The van der Waals surface area contributed by atoms with E-state index in [0.717, 1.165) is 18.5 Å². The van der Waals surface area contributed by atoms with E-state index in [1.807, 2.05) is 0 Å². The molecule has 18 heavy (non-hydrogen) atoms. The lowest BCUT2D eigenvalue weighted by Gasteiger charge is -2.10. The fraction of sp³-hybridized carbons (Fsp3) is 0.462. The summed E-state index contributed by atoms with van der Waals surface area (Å²) >= 11 is 0. The summed E-state index contributed by atoms with van der Waals surface area (Å²) in [5.74, 6) is 0.108. The lowest BCUT2D eigenvalue weighted by Crippen LogP contribution is -2.13. The van der Waals surface area contributed by atoms with E-state index in [4.69, 9.17) is 5.26 Å². The molecule has 2 rings (SSSR count). The third kappa shape index (κ3) is 2.65. The molecule has 0 saturated heterocycles. The Kier molecular flexibility index (Phi) is 3.31. The van der Waals surface area contributed by atoms with Crippen molar-refractivity contribution in [1.82, 2.24) is 0 Å². The summed E-state index contributed by atoms with van der Waals surface area (Å²) in [7, 11) is -3.13. The van der Waals surface area contributed by atoms with Gasteiger partial charge in [0.2, 0.25) is 0 Å². The Morgan fingerprint density at radius 1 is 1.33 bits per heavy atom. The standard InChI is InChI=1S/C13H16N2O2S/c1-2-18(16,17)12-5-3-11(4-6-12)15-10-13(9-14)7-8-13/h3-6,15H,2,7-8,10H2,1H3. The van der Waals surface area contributed by atoms with E-state index in [-0.39, 0.29) is 11.2 Å². The first-order chi connectivity index (χ1) is 8.51. The predicted molar refractivity (Wildman–Crippen MR) is 69.9 cm³/mol. The number of rotatable bonds is 5. The smallest absolute Gasteiger partial charge is 0.178 e. The van der Waals surface area contributed by atoms with Crippen LogP contribution in [0.3, 0.4) is 0 Å². The van der Waals surface area contributed by atoms with E-state index in [9.17, 15) is 8.42 Å². The Balaban J connectivity index is 2.03. The number of nitrogens with zero attached hydrogens (tertiary/aromatic N) is 1. The third-order valence-corrected chi connectivity index (χ3v) is 5.07. The maximum atomic E-state index is 11.6. The summed E-state index contributed by atoms with van der Waals surface area (Å²) in [4.78, 5) is 0.344. The van der Waals surface area contributed by atoms with Gasteiger partial charge in [0.15, 0.2) is 9.84 Å². The van der Waals surface area contributed by atoms with Gasteiger partial charge in [0, 0.05) is 12.2 Å². The van der Waals surface area contributed by atoms with Gasteiger partial charge in [-0.2, -0.15) is 5.26 Å². The minimum Gasteiger partial charge on any atom is -0.383 e. The molecule has 1 N–H and O–H groups in total. The minimum absolute atomic E-state index is 0.108. The molecule has 0 aliphatic heterocycles. The molecule has 0 amide bonds. The van der Waals surface area contributed by atoms with Crippen molar-refractivity contribution in [2.24, 2.45) is 5.41 Å². The van der Waals surface area contributed by atoms with E-state index in [2.05, 4.69) is 11.4 Å². The summed E-state index contributed by atoms with van der Waals surface area (Å²) in [6.07, 6.45) is 1.89. The molecular formula is C13H16N2O2S. The molecule has 96 valence electrons. The minimum atomic E-state index is -3.13. The van der Waals surface area contributed by atoms with Crippen LogP contribution >= 0.6 is 0 Å². The first-order valence-electron chi connectivity index (χ1n) is 5.99. The van der Waals surface area contributed by atoms with Crippen LogP contribution in [0.5, 0.6) is 0 Å². The highest BCUT2D eigenvalue weighted by molar-refractivity contribution is 7.91. The fourth-order valence-corrected chi connectivity index (χ4v) is 2.58. The number of anilines is 1. The summed E-state index contributed by atoms with van der Waals surface area (Å²) in [5.41, 5.74) is 0.653. The highest BCUT2D eigenvalue weighted by atomic mass is 32.2. The molecule has 0 aromatic heterocycles. The first kappa shape index (κ1) is 12.9. The van der Waals surface area contributed by atoms with Crippen LogP contribution in [0.15, 0.2) is 29.2 Å². The largest absolute Gasteiger partial charge is 0.383 e. The van der Waals surface area contributed by atoms with Crippen LogP contribution in [-0.4, -0.2) is 20.7 Å². The normalized spacial score (nSPS) is 16.9. The van der Waals surface area contributed by atoms with E-state index in [1.54, 1.807) is 31.2 Å². The Labute approximate surface area is 108 Å². The van der Waals surface area contributed by atoms with Crippen LogP contribution in [0.4, 0.5) is 5.69 Å². The molecule has 0 unspecified atom stereocenters. The maximum Gasteiger partial charge on any atom is 0.178 e. The zero-order valence-corrected chi connectivity index (χ0v) is 11.1. The van der Waals surface area contributed by atoms with Gasteiger partial charge in [-0.1, -0.05) is 6.92 Å². The second-order valence-corrected chi connectivity index (χ2v) is 6.95. The molecule has 0 spiro atoms. The van der Waals surface area contributed by atoms with Gasteiger partial charge >= 0.3 is 0 Å². The average molecular weight is 264 g/mol. The van der Waals surface area contributed by atoms with E-state index in [1.165, 1.54) is 0 Å². The molecule has 1 aromatic carbocycles. The van der Waals surface area contributed by atoms with Crippen molar-refractivity contribution in [1.29, 1.82) is 5.26 Å². The lowest BCUT2D eigenvalue weighted by molar-refractivity contribution is 0.597. The molecule has 4 nitrogen and oxygen atoms in total. The number of nitriles is 1. The van der Waals surface area contributed by atoms with E-state index < -0.39 is 9.84 Å². The molecule has 1 fully saturated rings. The molecule has 1 aliphatic rings. The quantitative estimate of drug-likeness (QED) is 0.885. The molecule has 0 bridgehead atoms. The first-order valence-corrected chi connectivity index (χ1v) is 7.64. The Bertz CT molecular complexity index is 566. The monoisotopic (exact) mass is 264 g/mol. The van der Waals surface area contributed by atoms with Crippen molar-refractivity contribution in [3.63, 3.8) is 0 Å². The van der Waals surface area contributed by atoms with Gasteiger partial charge in [0.1, 0.15) is 0 Å². The molecule has 0 heterocycles. The van der Waals surface area contributed by atoms with Gasteiger partial charge in [-0.3, -0.25) is 0 Å². The molecule has 1 aromatic rings. The van der Waals surface area contributed by atoms with Crippen LogP contribution in [0.1, 0.15) is 19.8 Å². The van der Waals surface area contributed by atoms with E-state index in [0.29, 0.717) is 11.4 Å². The van der Waals surface area contributed by atoms with E-state index >= 15 is 0 Å². The number of sulfone groups is 1. The van der Waals surface area contributed by atoms with Gasteiger partial charge in [0.25, 0.3) is 0 Å². The van der Waals surface area contributed by atoms with Crippen LogP contribution < -0.4 is 5.32 Å². The Hall–Kier alpha value is -1.54. The SMILES string of the molecule is CCS(=O)(=O)c1ccc(NCC2(C#N)CC2)cc1. The summed E-state index contributed by atoms with van der Waals surface area (Å²) in [6.45, 7) is 2.26. The van der Waals surface area contributed by atoms with Crippen LogP contribution in [-0.2, 0) is 9.84 Å². The van der Waals surface area contributed by atoms with Crippen molar-refractivity contribution >= 4 is 15.5 Å². The highest BCUT2D eigenvalue weighted by Crippen LogP contribution is 2.44. The lowest BCUT2D eigenvalue weighted by atomic mass is 10.1. The number of hydrogen-bond donors (Lipinski definition) is 1. The zero-order chi connectivity index (χ0) is 13.2. The number of hydrogen-bond acceptors (Lipinski definition) is 4. The maximum absolute atomic E-state index is 11.6. The Morgan fingerprint density at radius 2 is 1.94 bits per heavy atom. The van der Waals surface area contributed by atoms with Gasteiger partial charge in [-0.25, -0.2) is 8.42 Å². The molecule has 1 saturated carbocycles. The van der Waals surface area contributed by atoms with Gasteiger partial charge in [0.05, 0.1) is 22.1 Å². The molecule has 0 atom stereocenters. The summed E-state index contributed by atoms with van der Waals surface area (Å²) in [5, 5.41) is 12.1. The van der Waals surface area contributed by atoms with Crippen molar-refractivity contribution in [3.05, 3.63) is 24.3 Å². The average Bonchev–Trinajstić information content (AvgIpc) is 3.18. The van der Waals surface area contributed by atoms with Crippen molar-refractivity contribution in [3.8, 4) is 6.07 Å². The van der Waals surface area contributed by atoms with Crippen LogP contribution in [0, 0.1) is 16.7 Å². The van der Waals surface area contributed by atoms with Crippen molar-refractivity contribution in [2.75, 3.05) is 17.6 Å². The van der Waals surface area contributed by atoms with Crippen LogP contribution in [0.25, 0.3) is 0 Å². The fourth-order valence-electron chi connectivity index (χ4n) is 1.70. The molecule has 1 aliphatic carbocycles. The molecule has 5 heteroatoms. The highest BCUT2D eigenvalue weighted by Gasteiger charge is 2.42. The van der Waals surface area contributed by atoms with Crippen molar-refractivity contribution in [2.45, 2.75) is 24.7 Å². The topological polar surface area (TPSA) is 70.0 Å². The zero-order valence-electron chi connectivity index (χ0n) is 10.3. The van der Waals surface area contributed by atoms with Gasteiger partial charge in [-0.05, 0) is 37.1 Å². The predicted octanol–water partition coefficient (Wildman–Crippen LogP) is 2.20. The summed E-state index contributed by atoms with van der Waals surface area (Å²) < 4.78 is 23.2. The molecular weight excluding hydrogens is 248 g/mol. The number of benzene rings is 1. The third-order valence-electron chi connectivity index (χ3n) is 3.32. The number of nitrogens with one attached hydrogen (secondary N) is 1. The second kappa shape index (κ2) is 4.62. The Morgan fingerprint density at radius 3 is 2.39 bits per heavy atom. The molecule has 0 radical (unpaired) electrons. The second-order valence-electron chi connectivity index (χ2n) is 4.67. The van der Waals surface area contributed by atoms with Gasteiger partial charge < -0.3 is 5.32 Å². The van der Waals surface area contributed by atoms with Crippen molar-refractivity contribution < 1.29 is 8.42 Å². The van der Waals surface area contributed by atoms with Gasteiger partial charge in [-0.15, -0.1) is 0 Å². The summed E-state index contributed by atoms with van der Waals surface area (Å²) in [6, 6.07) is 9.01.